The standard InChI is InChI=1S/C22H27ClN8O2/c1-30-20(32)15-17(13-4-7-25-19(16(13)23)26-12-2-3-12)28-29-18(15)27-21(30)31-8-5-22(6-9-31)11-33-10-14(22)24/h4,7,12,14H,2-3,5-6,8-11,24H2,1H3,(H,25,26)(H,28,29)/t14-/m1/s1. The molecular formula is C22H27ClN8O2. The molecular weight excluding hydrogens is 444 g/mol. The summed E-state index contributed by atoms with van der Waals surface area (Å²) in [6.07, 6.45) is 5.73. The molecule has 2 saturated heterocycles. The van der Waals surface area contributed by atoms with E-state index in [1.54, 1.807) is 23.9 Å². The molecule has 3 fully saturated rings. The topological polar surface area (TPSA) is 127 Å². The van der Waals surface area contributed by atoms with Crippen molar-refractivity contribution < 1.29 is 4.74 Å². The maximum Gasteiger partial charge on any atom is 0.266 e. The Balaban J connectivity index is 1.35. The van der Waals surface area contributed by atoms with E-state index in [-0.39, 0.29) is 17.0 Å². The number of nitrogens with zero attached hydrogens (tertiary/aromatic N) is 5. The minimum atomic E-state index is -0.162. The number of H-pyrrole nitrogens is 1. The van der Waals surface area contributed by atoms with Crippen LogP contribution in [0.3, 0.4) is 0 Å². The average molecular weight is 471 g/mol. The zero-order valence-corrected chi connectivity index (χ0v) is 19.2. The summed E-state index contributed by atoms with van der Waals surface area (Å²) in [5, 5.41) is 11.6. The number of aromatic amines is 1. The number of nitrogens with one attached hydrogen (secondary N) is 2. The number of pyridine rings is 1. The zero-order chi connectivity index (χ0) is 22.7. The second kappa shape index (κ2) is 7.68. The van der Waals surface area contributed by atoms with E-state index in [9.17, 15) is 4.79 Å². The monoisotopic (exact) mass is 470 g/mol. The van der Waals surface area contributed by atoms with Crippen molar-refractivity contribution in [3.8, 4) is 11.3 Å². The predicted molar refractivity (Wildman–Crippen MR) is 127 cm³/mol. The molecule has 174 valence electrons. The van der Waals surface area contributed by atoms with Crippen molar-refractivity contribution >= 4 is 34.4 Å². The van der Waals surface area contributed by atoms with Gasteiger partial charge in [-0.25, -0.2) is 4.98 Å². The Morgan fingerprint density at radius 1 is 1.33 bits per heavy atom. The number of fused-ring (bicyclic) bond motifs is 1. The first kappa shape index (κ1) is 20.9. The summed E-state index contributed by atoms with van der Waals surface area (Å²) in [6.45, 7) is 2.87. The summed E-state index contributed by atoms with van der Waals surface area (Å²) in [5.74, 6) is 1.24. The highest BCUT2D eigenvalue weighted by molar-refractivity contribution is 6.36. The summed E-state index contributed by atoms with van der Waals surface area (Å²) in [4.78, 5) is 24.7. The minimum absolute atomic E-state index is 0.0310. The third kappa shape index (κ3) is 3.39. The van der Waals surface area contributed by atoms with Gasteiger partial charge in [0.05, 0.1) is 23.9 Å². The molecule has 10 nitrogen and oxygen atoms in total. The van der Waals surface area contributed by atoms with Crippen LogP contribution in [0.1, 0.15) is 25.7 Å². The van der Waals surface area contributed by atoms with Gasteiger partial charge in [-0.1, -0.05) is 11.6 Å². The maximum absolute atomic E-state index is 13.5. The lowest BCUT2D eigenvalue weighted by atomic mass is 9.75. The molecule has 3 aromatic heterocycles. The van der Waals surface area contributed by atoms with Crippen LogP contribution in [0, 0.1) is 5.41 Å². The molecule has 1 aliphatic carbocycles. The van der Waals surface area contributed by atoms with Crippen LogP contribution in [0.15, 0.2) is 17.1 Å². The molecule has 3 aromatic rings. The molecule has 0 aromatic carbocycles. The molecule has 0 radical (unpaired) electrons. The SMILES string of the molecule is Cn1c(N2CCC3(CC2)COC[C@H]3N)nc2n[nH]c(-c3ccnc(NC4CC4)c3Cl)c2c1=O. The lowest BCUT2D eigenvalue weighted by molar-refractivity contribution is 0.131. The largest absolute Gasteiger partial charge is 0.379 e. The number of aromatic nitrogens is 5. The van der Waals surface area contributed by atoms with E-state index in [1.165, 1.54) is 0 Å². The van der Waals surface area contributed by atoms with Crippen molar-refractivity contribution in [2.24, 2.45) is 18.2 Å². The zero-order valence-electron chi connectivity index (χ0n) is 18.5. The van der Waals surface area contributed by atoms with Gasteiger partial charge in [-0.15, -0.1) is 0 Å². The number of hydrogen-bond acceptors (Lipinski definition) is 8. The molecule has 1 saturated carbocycles. The lowest BCUT2D eigenvalue weighted by Crippen LogP contribution is -2.50. The van der Waals surface area contributed by atoms with Crippen LogP contribution in [0.25, 0.3) is 22.3 Å². The van der Waals surface area contributed by atoms with Crippen LogP contribution >= 0.6 is 11.6 Å². The minimum Gasteiger partial charge on any atom is -0.379 e. The number of ether oxygens (including phenoxy) is 1. The van der Waals surface area contributed by atoms with Crippen LogP contribution in [0.5, 0.6) is 0 Å². The van der Waals surface area contributed by atoms with Crippen molar-refractivity contribution in [1.29, 1.82) is 0 Å². The van der Waals surface area contributed by atoms with Gasteiger partial charge in [0.15, 0.2) is 5.65 Å². The van der Waals surface area contributed by atoms with E-state index in [0.717, 1.165) is 38.8 Å². The predicted octanol–water partition coefficient (Wildman–Crippen LogP) is 1.89. The van der Waals surface area contributed by atoms with E-state index in [0.29, 0.717) is 58.3 Å². The average Bonchev–Trinajstić information content (AvgIpc) is 3.43. The number of halogens is 1. The summed E-state index contributed by atoms with van der Waals surface area (Å²) in [5.41, 5.74) is 7.81. The normalized spacial score (nSPS) is 22.4. The second-order valence-corrected chi connectivity index (χ2v) is 9.86. The Hall–Kier alpha value is -2.69. The molecule has 2 aliphatic heterocycles. The molecule has 4 N–H and O–H groups in total. The quantitative estimate of drug-likeness (QED) is 0.527. The summed E-state index contributed by atoms with van der Waals surface area (Å²) in [6, 6.07) is 2.27. The van der Waals surface area contributed by atoms with E-state index < -0.39 is 0 Å². The van der Waals surface area contributed by atoms with Crippen molar-refractivity contribution in [2.45, 2.75) is 37.8 Å². The van der Waals surface area contributed by atoms with Gasteiger partial charge in [0.2, 0.25) is 5.95 Å². The number of piperidine rings is 1. The fourth-order valence-electron chi connectivity index (χ4n) is 5.02. The van der Waals surface area contributed by atoms with E-state index in [4.69, 9.17) is 27.1 Å². The highest BCUT2D eigenvalue weighted by Crippen LogP contribution is 2.40. The lowest BCUT2D eigenvalue weighted by Gasteiger charge is -2.41. The Morgan fingerprint density at radius 2 is 2.12 bits per heavy atom. The highest BCUT2D eigenvalue weighted by Gasteiger charge is 2.44. The summed E-state index contributed by atoms with van der Waals surface area (Å²) in [7, 11) is 1.75. The van der Waals surface area contributed by atoms with Crippen LogP contribution < -0.4 is 21.5 Å². The Bertz CT molecular complexity index is 1280. The maximum atomic E-state index is 13.5. The Kier molecular flexibility index (Phi) is 4.86. The first-order chi connectivity index (χ1) is 16.0. The van der Waals surface area contributed by atoms with Gasteiger partial charge in [0.25, 0.3) is 5.56 Å². The van der Waals surface area contributed by atoms with Gasteiger partial charge < -0.3 is 20.7 Å². The van der Waals surface area contributed by atoms with E-state index >= 15 is 0 Å². The molecule has 6 rings (SSSR count). The third-order valence-corrected chi connectivity index (χ3v) is 7.75. The number of nitrogens with two attached hydrogens (primary N) is 1. The van der Waals surface area contributed by atoms with Crippen LogP contribution in [-0.4, -0.2) is 63.1 Å². The molecule has 0 amide bonds. The highest BCUT2D eigenvalue weighted by atomic mass is 35.5. The molecule has 3 aliphatic rings. The van der Waals surface area contributed by atoms with Gasteiger partial charge >= 0.3 is 0 Å². The Labute approximate surface area is 195 Å². The number of rotatable bonds is 4. The van der Waals surface area contributed by atoms with Gasteiger partial charge in [-0.05, 0) is 31.7 Å². The molecule has 11 heteroatoms. The second-order valence-electron chi connectivity index (χ2n) is 9.48. The molecule has 0 unspecified atom stereocenters. The van der Waals surface area contributed by atoms with Gasteiger partial charge in [-0.3, -0.25) is 14.5 Å². The van der Waals surface area contributed by atoms with E-state index in [1.807, 2.05) is 0 Å². The van der Waals surface area contributed by atoms with E-state index in [2.05, 4.69) is 25.4 Å². The van der Waals surface area contributed by atoms with Crippen molar-refractivity contribution in [3.05, 3.63) is 27.6 Å². The summed E-state index contributed by atoms with van der Waals surface area (Å²) >= 11 is 6.66. The molecule has 1 spiro atoms. The van der Waals surface area contributed by atoms with Crippen molar-refractivity contribution in [2.75, 3.05) is 36.5 Å². The van der Waals surface area contributed by atoms with Crippen molar-refractivity contribution in [3.63, 3.8) is 0 Å². The van der Waals surface area contributed by atoms with Crippen LogP contribution in [0.2, 0.25) is 5.02 Å². The van der Waals surface area contributed by atoms with Crippen LogP contribution in [-0.2, 0) is 11.8 Å². The fraction of sp³-hybridized carbons (Fsp3) is 0.545. The van der Waals surface area contributed by atoms with Gasteiger partial charge in [-0.2, -0.15) is 10.1 Å². The Morgan fingerprint density at radius 3 is 2.82 bits per heavy atom. The first-order valence-corrected chi connectivity index (χ1v) is 11.8. The third-order valence-electron chi connectivity index (χ3n) is 7.36. The fourth-order valence-corrected chi connectivity index (χ4v) is 5.28. The number of hydrogen-bond donors (Lipinski definition) is 3. The smallest absolute Gasteiger partial charge is 0.266 e. The van der Waals surface area contributed by atoms with Crippen molar-refractivity contribution in [1.82, 2.24) is 24.7 Å². The molecule has 5 heterocycles. The van der Waals surface area contributed by atoms with Gasteiger partial charge in [0.1, 0.15) is 11.2 Å². The van der Waals surface area contributed by atoms with Gasteiger partial charge in [0, 0.05) is 49.4 Å². The number of anilines is 2. The first-order valence-electron chi connectivity index (χ1n) is 11.4. The molecule has 1 atom stereocenters. The summed E-state index contributed by atoms with van der Waals surface area (Å²) < 4.78 is 7.23. The van der Waals surface area contributed by atoms with Crippen LogP contribution in [0.4, 0.5) is 11.8 Å². The molecule has 33 heavy (non-hydrogen) atoms. The molecule has 0 bridgehead atoms.